The van der Waals surface area contributed by atoms with E-state index in [1.54, 1.807) is 19.9 Å². The molecule has 2 heterocycles. The Kier molecular flexibility index (Phi) is 24.0. The van der Waals surface area contributed by atoms with Gasteiger partial charge in [-0.25, -0.2) is 9.59 Å². The summed E-state index contributed by atoms with van der Waals surface area (Å²) in [4.78, 5) is 29.5. The minimum atomic E-state index is -2.27. The van der Waals surface area contributed by atoms with E-state index in [4.69, 9.17) is 56.8 Å². The zero-order valence-corrected chi connectivity index (χ0v) is 49.5. The maximum Gasteiger partial charge on any atom is 0.373 e. The van der Waals surface area contributed by atoms with Crippen molar-refractivity contribution in [1.29, 1.82) is 0 Å². The van der Waals surface area contributed by atoms with Crippen LogP contribution in [0, 0.1) is 0 Å². The van der Waals surface area contributed by atoms with E-state index in [1.807, 2.05) is 212 Å². The molecule has 0 aromatic heterocycles. The third-order valence-electron chi connectivity index (χ3n) is 14.2. The molecule has 14 nitrogen and oxygen atoms in total. The molecule has 1 fully saturated rings. The molecule has 0 spiro atoms. The summed E-state index contributed by atoms with van der Waals surface area (Å²) in [7, 11) is 0. The molecular formula is C69H73IO14. The lowest BCUT2D eigenvalue weighted by molar-refractivity contribution is -0.339. The SMILES string of the molecule is CCOC(=O)C1=C[C@@H](OCc2ccccc2)[C@@H](OCc2ccccc2)[C@@H]([C@@H](CO[C@@]2(C(=O)OCC)O[C@H]([C@@H](COCc3ccccc3)OCc3ccccc3)[C@H](OCc3ccccc3)[C@H](OCc3ccccc3)[C@@H]2I)OCc2ccccc2)O1. The molecule has 84 heavy (non-hydrogen) atoms. The smallest absolute Gasteiger partial charge is 0.373 e. The highest BCUT2D eigenvalue weighted by Crippen LogP contribution is 2.43. The Morgan fingerprint density at radius 3 is 1.27 bits per heavy atom. The molecule has 7 aromatic rings. The van der Waals surface area contributed by atoms with Crippen molar-refractivity contribution in [3.8, 4) is 0 Å². The van der Waals surface area contributed by atoms with Gasteiger partial charge in [-0.1, -0.05) is 235 Å². The van der Waals surface area contributed by atoms with Crippen molar-refractivity contribution in [2.24, 2.45) is 0 Å². The van der Waals surface area contributed by atoms with Crippen molar-refractivity contribution >= 4 is 34.5 Å². The molecule has 9 rings (SSSR count). The fraction of sp³-hybridized carbons (Fsp3) is 0.333. The zero-order valence-electron chi connectivity index (χ0n) is 47.4. The van der Waals surface area contributed by atoms with E-state index < -0.39 is 77.1 Å². The molecule has 440 valence electrons. The number of carbonyl (C=O) groups is 2. The van der Waals surface area contributed by atoms with E-state index in [2.05, 4.69) is 22.6 Å². The van der Waals surface area contributed by atoms with Crippen molar-refractivity contribution in [2.45, 2.75) is 119 Å². The second kappa shape index (κ2) is 32.6. The van der Waals surface area contributed by atoms with E-state index in [9.17, 15) is 4.79 Å². The van der Waals surface area contributed by atoms with Crippen LogP contribution in [0.2, 0.25) is 0 Å². The van der Waals surface area contributed by atoms with Crippen molar-refractivity contribution in [3.63, 3.8) is 0 Å². The Labute approximate surface area is 506 Å². The molecule has 0 N–H and O–H groups in total. The normalized spacial score (nSPS) is 22.0. The molecule has 2 aliphatic heterocycles. The van der Waals surface area contributed by atoms with Crippen LogP contribution < -0.4 is 0 Å². The van der Waals surface area contributed by atoms with Crippen LogP contribution in [0.25, 0.3) is 0 Å². The van der Waals surface area contributed by atoms with E-state index in [0.29, 0.717) is 0 Å². The molecule has 0 unspecified atom stereocenters. The second-order valence-corrected chi connectivity index (χ2v) is 21.6. The van der Waals surface area contributed by atoms with Crippen LogP contribution in [0.5, 0.6) is 0 Å². The lowest BCUT2D eigenvalue weighted by Gasteiger charge is -2.51. The van der Waals surface area contributed by atoms with E-state index in [1.165, 1.54) is 0 Å². The van der Waals surface area contributed by atoms with E-state index >= 15 is 4.79 Å². The fourth-order valence-corrected chi connectivity index (χ4v) is 11.1. The number of rotatable bonds is 31. The third kappa shape index (κ3) is 17.5. The zero-order chi connectivity index (χ0) is 58.2. The molecule has 1 saturated heterocycles. The molecule has 10 atom stereocenters. The fourth-order valence-electron chi connectivity index (χ4n) is 9.92. The largest absolute Gasteiger partial charge is 0.478 e. The van der Waals surface area contributed by atoms with Gasteiger partial charge in [0.1, 0.15) is 46.7 Å². The molecule has 0 radical (unpaired) electrons. The summed E-state index contributed by atoms with van der Waals surface area (Å²) in [6.45, 7) is 4.18. The standard InChI is InChI=1S/C69H73IO14/c1-3-74-67(71)58-40-57(76-42-51-28-14-6-15-29-51)61(79-45-54-34-20-9-21-35-54)62(83-58)60(78-44-53-32-18-8-19-33-53)49-82-69(68(72)75-4-2)66(70)65(81-47-56-38-24-11-25-39-56)64(80-46-55-36-22-10-23-37-55)63(84-69)59(77-43-52-30-16-7-17-31-52)48-73-41-50-26-12-5-13-27-50/h5-40,57,59-66H,3-4,41-49H2,1-2H3/t57-,59-,60-,61-,62-,63-,64+,65+,66+,69-/m1/s1. The Balaban J connectivity index is 1.15. The Bertz CT molecular complexity index is 3040. The van der Waals surface area contributed by atoms with Crippen LogP contribution >= 0.6 is 22.6 Å². The number of halogens is 1. The molecule has 0 aliphatic carbocycles. The first-order chi connectivity index (χ1) is 41.3. The molecule has 0 amide bonds. The number of esters is 2. The first kappa shape index (κ1) is 61.9. The highest BCUT2D eigenvalue weighted by atomic mass is 127. The van der Waals surface area contributed by atoms with Crippen LogP contribution in [0.3, 0.4) is 0 Å². The van der Waals surface area contributed by atoms with Gasteiger partial charge in [-0.15, -0.1) is 0 Å². The molecule has 7 aromatic carbocycles. The lowest BCUT2D eigenvalue weighted by Crippen LogP contribution is -2.70. The molecular weight excluding hydrogens is 1180 g/mol. The van der Waals surface area contributed by atoms with Gasteiger partial charge in [-0.05, 0) is 58.9 Å². The summed E-state index contributed by atoms with van der Waals surface area (Å²) in [5.41, 5.74) is 6.26. The predicted molar refractivity (Wildman–Crippen MR) is 324 cm³/mol. The van der Waals surface area contributed by atoms with Gasteiger partial charge in [0.15, 0.2) is 6.10 Å². The summed E-state index contributed by atoms with van der Waals surface area (Å²) in [6.07, 6.45) is -6.41. The monoisotopic (exact) mass is 1250 g/mol. The van der Waals surface area contributed by atoms with Crippen LogP contribution in [0.15, 0.2) is 224 Å². The average Bonchev–Trinajstić information content (AvgIpc) is 2.53. The highest BCUT2D eigenvalue weighted by Gasteiger charge is 2.63. The van der Waals surface area contributed by atoms with Gasteiger partial charge < -0.3 is 56.8 Å². The predicted octanol–water partition coefficient (Wildman–Crippen LogP) is 12.0. The number of carbonyl (C=O) groups excluding carboxylic acids is 2. The summed E-state index contributed by atoms with van der Waals surface area (Å²) >= 11 is 2.18. The van der Waals surface area contributed by atoms with Crippen molar-refractivity contribution in [3.05, 3.63) is 263 Å². The minimum absolute atomic E-state index is 0.000312. The highest BCUT2D eigenvalue weighted by molar-refractivity contribution is 14.1. The number of ether oxygens (including phenoxy) is 12. The topological polar surface area (TPSA) is 145 Å². The van der Waals surface area contributed by atoms with Crippen molar-refractivity contribution in [1.82, 2.24) is 0 Å². The van der Waals surface area contributed by atoms with Gasteiger partial charge in [-0.2, -0.15) is 0 Å². The van der Waals surface area contributed by atoms with Gasteiger partial charge >= 0.3 is 11.9 Å². The van der Waals surface area contributed by atoms with Gasteiger partial charge in [-0.3, -0.25) is 0 Å². The average molecular weight is 1250 g/mol. The number of hydrogen-bond acceptors (Lipinski definition) is 14. The van der Waals surface area contributed by atoms with Crippen LogP contribution in [0.1, 0.15) is 52.8 Å². The summed E-state index contributed by atoms with van der Waals surface area (Å²) < 4.78 is 80.4. The summed E-state index contributed by atoms with van der Waals surface area (Å²) in [5.74, 6) is -3.90. The van der Waals surface area contributed by atoms with Gasteiger partial charge in [0.05, 0.1) is 72.7 Å². The lowest BCUT2D eigenvalue weighted by atomic mass is 9.91. The second-order valence-electron chi connectivity index (χ2n) is 20.2. The van der Waals surface area contributed by atoms with E-state index in [0.717, 1.165) is 38.9 Å². The van der Waals surface area contributed by atoms with Crippen molar-refractivity contribution in [2.75, 3.05) is 26.4 Å². The molecule has 0 bridgehead atoms. The third-order valence-corrected chi connectivity index (χ3v) is 15.7. The quantitative estimate of drug-likeness (QED) is 0.0231. The van der Waals surface area contributed by atoms with E-state index in [-0.39, 0.29) is 71.8 Å². The Hall–Kier alpha value is -6.61. The van der Waals surface area contributed by atoms with Gasteiger partial charge in [0.2, 0.25) is 5.76 Å². The van der Waals surface area contributed by atoms with Gasteiger partial charge in [0.25, 0.3) is 5.79 Å². The van der Waals surface area contributed by atoms with Crippen LogP contribution in [0.4, 0.5) is 0 Å². The maximum absolute atomic E-state index is 15.5. The number of benzene rings is 7. The maximum atomic E-state index is 15.5. The van der Waals surface area contributed by atoms with Crippen molar-refractivity contribution < 1.29 is 66.4 Å². The first-order valence-electron chi connectivity index (χ1n) is 28.5. The summed E-state index contributed by atoms with van der Waals surface area (Å²) in [6, 6.07) is 68.3. The minimum Gasteiger partial charge on any atom is -0.478 e. The summed E-state index contributed by atoms with van der Waals surface area (Å²) in [5, 5.41) is 0. The number of alkyl halides is 1. The molecule has 0 saturated carbocycles. The van der Waals surface area contributed by atoms with Crippen LogP contribution in [-0.2, 0) is 113 Å². The Morgan fingerprint density at radius 2 is 0.833 bits per heavy atom. The first-order valence-corrected chi connectivity index (χ1v) is 29.8. The molecule has 15 heteroatoms. The van der Waals surface area contributed by atoms with Crippen LogP contribution in [-0.4, -0.2) is 96.9 Å². The Morgan fingerprint density at radius 1 is 0.452 bits per heavy atom. The molecule has 2 aliphatic rings. The van der Waals surface area contributed by atoms with Gasteiger partial charge in [0, 0.05) is 0 Å². The number of hydrogen-bond donors (Lipinski definition) is 0.